The zero-order chi connectivity index (χ0) is 10.4. The van der Waals surface area contributed by atoms with Crippen LogP contribution < -0.4 is 10.6 Å². The highest BCUT2D eigenvalue weighted by Crippen LogP contribution is 2.15. The fourth-order valence-electron chi connectivity index (χ4n) is 1.04. The second-order valence-corrected chi connectivity index (χ2v) is 3.78. The van der Waals surface area contributed by atoms with Crippen LogP contribution in [0.25, 0.3) is 0 Å². The minimum absolute atomic E-state index is 0.0486. The Morgan fingerprint density at radius 3 is 2.93 bits per heavy atom. The molecule has 0 heterocycles. The summed E-state index contributed by atoms with van der Waals surface area (Å²) in [6, 6.07) is 7.86. The normalized spacial score (nSPS) is 9.57. The lowest BCUT2D eigenvalue weighted by molar-refractivity contribution is -0.120. The van der Waals surface area contributed by atoms with Crippen LogP contribution in [0.4, 0.5) is 5.69 Å². The van der Waals surface area contributed by atoms with Gasteiger partial charge in [-0.2, -0.15) is 0 Å². The lowest BCUT2D eigenvalue weighted by Gasteiger charge is -2.05. The monoisotopic (exact) mass is 256 g/mol. The van der Waals surface area contributed by atoms with Gasteiger partial charge in [-0.05, 0) is 18.2 Å². The molecule has 0 aliphatic rings. The van der Waals surface area contributed by atoms with Crippen molar-refractivity contribution in [2.24, 2.45) is 0 Å². The smallest absolute Gasteiger partial charge is 0.221 e. The predicted octanol–water partition coefficient (Wildman–Crippen LogP) is 2.00. The molecule has 0 bridgehead atoms. The molecular formula is C10H13BrN2O. The highest BCUT2D eigenvalue weighted by molar-refractivity contribution is 9.10. The number of anilines is 1. The van der Waals surface area contributed by atoms with Crippen LogP contribution in [0.3, 0.4) is 0 Å². The Morgan fingerprint density at radius 1 is 1.50 bits per heavy atom. The Kier molecular flexibility index (Phi) is 4.46. The van der Waals surface area contributed by atoms with Crippen LogP contribution in [-0.4, -0.2) is 19.5 Å². The third kappa shape index (κ3) is 3.79. The molecule has 0 aliphatic carbocycles. The molecule has 0 atom stereocenters. The van der Waals surface area contributed by atoms with Crippen LogP contribution in [0, 0.1) is 0 Å². The molecule has 0 radical (unpaired) electrons. The largest absolute Gasteiger partial charge is 0.384 e. The lowest BCUT2D eigenvalue weighted by Crippen LogP contribution is -2.20. The van der Waals surface area contributed by atoms with E-state index in [1.807, 2.05) is 24.3 Å². The molecule has 14 heavy (non-hydrogen) atoms. The van der Waals surface area contributed by atoms with Gasteiger partial charge in [-0.3, -0.25) is 4.79 Å². The number of carbonyl (C=O) groups is 1. The van der Waals surface area contributed by atoms with Crippen molar-refractivity contribution in [3.05, 3.63) is 28.7 Å². The first-order chi connectivity index (χ1) is 6.72. The number of halogens is 1. The van der Waals surface area contributed by atoms with Crippen molar-refractivity contribution >= 4 is 27.5 Å². The van der Waals surface area contributed by atoms with Gasteiger partial charge in [0.25, 0.3) is 0 Å². The topological polar surface area (TPSA) is 41.1 Å². The number of carbonyl (C=O) groups excluding carboxylic acids is 1. The van der Waals surface area contributed by atoms with E-state index in [9.17, 15) is 4.79 Å². The zero-order valence-electron chi connectivity index (χ0n) is 8.01. The van der Waals surface area contributed by atoms with E-state index < -0.39 is 0 Å². The van der Waals surface area contributed by atoms with Gasteiger partial charge in [-0.1, -0.05) is 22.0 Å². The van der Waals surface area contributed by atoms with Crippen LogP contribution >= 0.6 is 15.9 Å². The molecule has 76 valence electrons. The summed E-state index contributed by atoms with van der Waals surface area (Å²) < 4.78 is 1.03. The van der Waals surface area contributed by atoms with E-state index >= 15 is 0 Å². The molecule has 4 heteroatoms. The van der Waals surface area contributed by atoms with Gasteiger partial charge in [0.15, 0.2) is 0 Å². The second kappa shape index (κ2) is 5.65. The molecule has 1 aromatic rings. The Morgan fingerprint density at radius 2 is 2.29 bits per heavy atom. The van der Waals surface area contributed by atoms with E-state index in [1.165, 1.54) is 0 Å². The van der Waals surface area contributed by atoms with Gasteiger partial charge in [0, 0.05) is 30.2 Å². The first kappa shape index (κ1) is 11.0. The van der Waals surface area contributed by atoms with Gasteiger partial charge in [0.1, 0.15) is 0 Å². The molecule has 0 unspecified atom stereocenters. The fraction of sp³-hybridized carbons (Fsp3) is 0.300. The Balaban J connectivity index is 2.35. The fourth-order valence-corrected chi connectivity index (χ4v) is 1.44. The van der Waals surface area contributed by atoms with Gasteiger partial charge < -0.3 is 10.6 Å². The summed E-state index contributed by atoms with van der Waals surface area (Å²) in [5.74, 6) is 0.0486. The minimum atomic E-state index is 0.0486. The molecule has 1 rings (SSSR count). The summed E-state index contributed by atoms with van der Waals surface area (Å²) in [4.78, 5) is 10.9. The second-order valence-electron chi connectivity index (χ2n) is 2.86. The molecule has 0 spiro atoms. The maximum Gasteiger partial charge on any atom is 0.221 e. The third-order valence-electron chi connectivity index (χ3n) is 1.78. The van der Waals surface area contributed by atoms with Crippen LogP contribution in [0.5, 0.6) is 0 Å². The maximum atomic E-state index is 10.9. The summed E-state index contributed by atoms with van der Waals surface area (Å²) in [6.07, 6.45) is 0.489. The van der Waals surface area contributed by atoms with Crippen LogP contribution in [0.15, 0.2) is 28.7 Å². The standard InChI is InChI=1S/C10H13BrN2O/c1-12-10(14)5-6-13-9-4-2-3-8(11)7-9/h2-4,7,13H,5-6H2,1H3,(H,12,14). The number of hydrogen-bond donors (Lipinski definition) is 2. The van der Waals surface area contributed by atoms with Crippen molar-refractivity contribution in [3.63, 3.8) is 0 Å². The first-order valence-electron chi connectivity index (χ1n) is 4.42. The van der Waals surface area contributed by atoms with Gasteiger partial charge >= 0.3 is 0 Å². The highest BCUT2D eigenvalue weighted by atomic mass is 79.9. The molecule has 0 aliphatic heterocycles. The number of rotatable bonds is 4. The average molecular weight is 257 g/mol. The highest BCUT2D eigenvalue weighted by Gasteiger charge is 1.97. The quantitative estimate of drug-likeness (QED) is 0.866. The third-order valence-corrected chi connectivity index (χ3v) is 2.28. The number of nitrogens with one attached hydrogen (secondary N) is 2. The van der Waals surface area contributed by atoms with E-state index in [1.54, 1.807) is 7.05 Å². The lowest BCUT2D eigenvalue weighted by atomic mass is 10.3. The zero-order valence-corrected chi connectivity index (χ0v) is 9.60. The average Bonchev–Trinajstić information content (AvgIpc) is 2.17. The molecule has 1 aromatic carbocycles. The SMILES string of the molecule is CNC(=O)CCNc1cccc(Br)c1. The summed E-state index contributed by atoms with van der Waals surface area (Å²) in [7, 11) is 1.64. The Labute approximate surface area is 92.0 Å². The summed E-state index contributed by atoms with van der Waals surface area (Å²) in [5, 5.41) is 5.73. The molecule has 0 saturated carbocycles. The van der Waals surface area contributed by atoms with Crippen molar-refractivity contribution < 1.29 is 4.79 Å². The van der Waals surface area contributed by atoms with Gasteiger partial charge in [0.2, 0.25) is 5.91 Å². The van der Waals surface area contributed by atoms with Gasteiger partial charge in [-0.25, -0.2) is 0 Å². The van der Waals surface area contributed by atoms with E-state index in [0.29, 0.717) is 13.0 Å². The number of hydrogen-bond acceptors (Lipinski definition) is 2. The molecular weight excluding hydrogens is 244 g/mol. The van der Waals surface area contributed by atoms with Gasteiger partial charge in [-0.15, -0.1) is 0 Å². The summed E-state index contributed by atoms with van der Waals surface area (Å²) in [5.41, 5.74) is 1.02. The van der Waals surface area contributed by atoms with Gasteiger partial charge in [0.05, 0.1) is 0 Å². The van der Waals surface area contributed by atoms with Crippen molar-refractivity contribution in [3.8, 4) is 0 Å². The molecule has 0 fully saturated rings. The summed E-state index contributed by atoms with van der Waals surface area (Å²) in [6.45, 7) is 0.649. The molecule has 0 aromatic heterocycles. The molecule has 1 amide bonds. The predicted molar refractivity (Wildman–Crippen MR) is 61.3 cm³/mol. The van der Waals surface area contributed by atoms with Crippen LogP contribution in [-0.2, 0) is 4.79 Å². The molecule has 0 saturated heterocycles. The number of benzene rings is 1. The number of amides is 1. The van der Waals surface area contributed by atoms with E-state index in [4.69, 9.17) is 0 Å². The van der Waals surface area contributed by atoms with E-state index in [2.05, 4.69) is 26.6 Å². The van der Waals surface area contributed by atoms with Crippen molar-refractivity contribution in [2.75, 3.05) is 18.9 Å². The van der Waals surface area contributed by atoms with Crippen molar-refractivity contribution in [1.82, 2.24) is 5.32 Å². The molecule has 3 nitrogen and oxygen atoms in total. The maximum absolute atomic E-state index is 10.9. The van der Waals surface area contributed by atoms with Crippen LogP contribution in [0.2, 0.25) is 0 Å². The summed E-state index contributed by atoms with van der Waals surface area (Å²) >= 11 is 3.38. The van der Waals surface area contributed by atoms with E-state index in [0.717, 1.165) is 10.2 Å². The van der Waals surface area contributed by atoms with Crippen molar-refractivity contribution in [2.45, 2.75) is 6.42 Å². The molecule has 2 N–H and O–H groups in total. The van der Waals surface area contributed by atoms with Crippen LogP contribution in [0.1, 0.15) is 6.42 Å². The minimum Gasteiger partial charge on any atom is -0.384 e. The Hall–Kier alpha value is -1.03. The first-order valence-corrected chi connectivity index (χ1v) is 5.21. The van der Waals surface area contributed by atoms with Crippen molar-refractivity contribution in [1.29, 1.82) is 0 Å². The van der Waals surface area contributed by atoms with E-state index in [-0.39, 0.29) is 5.91 Å². The Bertz CT molecular complexity index is 315.